The van der Waals surface area contributed by atoms with Crippen LogP contribution in [-0.4, -0.2) is 35.4 Å². The van der Waals surface area contributed by atoms with E-state index in [4.69, 9.17) is 16.3 Å². The van der Waals surface area contributed by atoms with E-state index in [2.05, 4.69) is 5.32 Å². The molecule has 1 fully saturated rings. The predicted molar refractivity (Wildman–Crippen MR) is 128 cm³/mol. The predicted octanol–water partition coefficient (Wildman–Crippen LogP) is 5.20. The van der Waals surface area contributed by atoms with Gasteiger partial charge in [-0.15, -0.1) is 0 Å². The van der Waals surface area contributed by atoms with Crippen molar-refractivity contribution in [1.29, 1.82) is 0 Å². The Morgan fingerprint density at radius 2 is 1.84 bits per heavy atom. The van der Waals surface area contributed by atoms with Crippen molar-refractivity contribution in [3.8, 4) is 5.75 Å². The number of nitrogens with zero attached hydrogens (tertiary/aromatic N) is 1. The largest absolute Gasteiger partial charge is 0.483 e. The average Bonchev–Trinajstić information content (AvgIpc) is 3.28. The molecule has 1 unspecified atom stereocenters. The molecule has 1 saturated carbocycles. The molecule has 1 aliphatic carbocycles. The van der Waals surface area contributed by atoms with E-state index in [0.717, 1.165) is 42.4 Å². The Morgan fingerprint density at radius 3 is 2.53 bits per heavy atom. The van der Waals surface area contributed by atoms with Gasteiger partial charge in [-0.1, -0.05) is 61.7 Å². The average molecular weight is 457 g/mol. The van der Waals surface area contributed by atoms with Crippen molar-refractivity contribution in [2.24, 2.45) is 0 Å². The van der Waals surface area contributed by atoms with E-state index in [0.29, 0.717) is 17.2 Å². The minimum Gasteiger partial charge on any atom is -0.483 e. The lowest BCUT2D eigenvalue weighted by atomic mass is 10.1. The first kappa shape index (κ1) is 24.1. The van der Waals surface area contributed by atoms with Crippen LogP contribution in [0.15, 0.2) is 42.5 Å². The summed E-state index contributed by atoms with van der Waals surface area (Å²) < 4.78 is 5.88. The van der Waals surface area contributed by atoms with Crippen LogP contribution >= 0.6 is 11.6 Å². The number of hydrogen-bond acceptors (Lipinski definition) is 3. The first-order chi connectivity index (χ1) is 15.4. The van der Waals surface area contributed by atoms with E-state index in [9.17, 15) is 9.59 Å². The quantitative estimate of drug-likeness (QED) is 0.564. The maximum atomic E-state index is 13.3. The second kappa shape index (κ2) is 11.4. The van der Waals surface area contributed by atoms with Crippen molar-refractivity contribution in [3.05, 3.63) is 64.2 Å². The van der Waals surface area contributed by atoms with Crippen molar-refractivity contribution in [3.63, 3.8) is 0 Å². The van der Waals surface area contributed by atoms with Gasteiger partial charge < -0.3 is 15.0 Å². The number of amides is 2. The van der Waals surface area contributed by atoms with E-state index in [1.165, 1.54) is 0 Å². The molecule has 2 amide bonds. The van der Waals surface area contributed by atoms with E-state index in [1.54, 1.807) is 11.0 Å². The zero-order valence-electron chi connectivity index (χ0n) is 19.2. The van der Waals surface area contributed by atoms with Gasteiger partial charge in [-0.05, 0) is 61.9 Å². The maximum Gasteiger partial charge on any atom is 0.261 e. The minimum absolute atomic E-state index is 0.105. The van der Waals surface area contributed by atoms with Gasteiger partial charge in [0, 0.05) is 17.6 Å². The topological polar surface area (TPSA) is 58.6 Å². The number of hydrogen-bond donors (Lipinski definition) is 1. The first-order valence-electron chi connectivity index (χ1n) is 11.4. The summed E-state index contributed by atoms with van der Waals surface area (Å²) in [6.45, 7) is 6.03. The molecule has 2 aromatic carbocycles. The summed E-state index contributed by atoms with van der Waals surface area (Å²) in [4.78, 5) is 28.1. The van der Waals surface area contributed by atoms with E-state index < -0.39 is 6.04 Å². The van der Waals surface area contributed by atoms with Crippen LogP contribution in [0, 0.1) is 13.8 Å². The molecule has 0 aliphatic heterocycles. The number of ether oxygens (including phenoxy) is 1. The zero-order valence-corrected chi connectivity index (χ0v) is 20.0. The van der Waals surface area contributed by atoms with Crippen molar-refractivity contribution >= 4 is 23.4 Å². The van der Waals surface area contributed by atoms with Crippen molar-refractivity contribution < 1.29 is 14.3 Å². The van der Waals surface area contributed by atoms with Gasteiger partial charge >= 0.3 is 0 Å². The third kappa shape index (κ3) is 6.04. The normalized spacial score (nSPS) is 14.8. The summed E-state index contributed by atoms with van der Waals surface area (Å²) in [5, 5.41) is 3.73. The molecule has 0 saturated heterocycles. The third-order valence-corrected chi connectivity index (χ3v) is 6.66. The summed E-state index contributed by atoms with van der Waals surface area (Å²) in [5.74, 6) is 0.338. The standard InChI is InChI=1S/C26H33ClN2O3/c1-4-23(26(31)28-21-12-6-7-13-21)29(16-20-11-5-8-14-22(20)27)25(30)17-32-24-15-9-10-18(2)19(24)3/h5,8-11,14-15,21,23H,4,6-7,12-13,16-17H2,1-3H3,(H,28,31). The van der Waals surface area contributed by atoms with Crippen molar-refractivity contribution in [1.82, 2.24) is 10.2 Å². The molecule has 1 aliphatic rings. The second-order valence-electron chi connectivity index (χ2n) is 8.51. The Balaban J connectivity index is 1.79. The van der Waals surface area contributed by atoms with Gasteiger partial charge in [0.1, 0.15) is 11.8 Å². The fourth-order valence-electron chi connectivity index (χ4n) is 4.20. The van der Waals surface area contributed by atoms with E-state index in [1.807, 2.05) is 57.2 Å². The SMILES string of the molecule is CCC(C(=O)NC1CCCC1)N(Cc1ccccc1Cl)C(=O)COc1cccc(C)c1C. The molecule has 6 heteroatoms. The molecule has 0 spiro atoms. The number of carbonyl (C=O) groups excluding carboxylic acids is 2. The number of carbonyl (C=O) groups is 2. The highest BCUT2D eigenvalue weighted by Crippen LogP contribution is 2.23. The number of benzene rings is 2. The monoisotopic (exact) mass is 456 g/mol. The Labute approximate surface area is 196 Å². The van der Waals surface area contributed by atoms with Gasteiger partial charge in [0.2, 0.25) is 5.91 Å². The van der Waals surface area contributed by atoms with E-state index in [-0.39, 0.29) is 31.0 Å². The lowest BCUT2D eigenvalue weighted by Crippen LogP contribution is -2.52. The molecule has 32 heavy (non-hydrogen) atoms. The smallest absolute Gasteiger partial charge is 0.261 e. The number of nitrogens with one attached hydrogen (secondary N) is 1. The Bertz CT molecular complexity index is 940. The molecular formula is C26H33ClN2O3. The van der Waals surface area contributed by atoms with Crippen LogP contribution in [0.5, 0.6) is 5.75 Å². The Kier molecular flexibility index (Phi) is 8.57. The zero-order chi connectivity index (χ0) is 23.1. The molecule has 1 atom stereocenters. The summed E-state index contributed by atoms with van der Waals surface area (Å²) >= 11 is 6.38. The second-order valence-corrected chi connectivity index (χ2v) is 8.92. The van der Waals surface area contributed by atoms with Gasteiger partial charge in [-0.3, -0.25) is 9.59 Å². The Hall–Kier alpha value is -2.53. The van der Waals surface area contributed by atoms with Crippen molar-refractivity contribution in [2.75, 3.05) is 6.61 Å². The van der Waals surface area contributed by atoms with Crippen LogP contribution < -0.4 is 10.1 Å². The van der Waals surface area contributed by atoms with Crippen molar-refractivity contribution in [2.45, 2.75) is 71.5 Å². The van der Waals surface area contributed by atoms with E-state index >= 15 is 0 Å². The molecule has 172 valence electrons. The molecule has 5 nitrogen and oxygen atoms in total. The summed E-state index contributed by atoms with van der Waals surface area (Å²) in [7, 11) is 0. The molecule has 3 rings (SSSR count). The maximum absolute atomic E-state index is 13.3. The highest BCUT2D eigenvalue weighted by molar-refractivity contribution is 6.31. The fourth-order valence-corrected chi connectivity index (χ4v) is 4.40. The fraction of sp³-hybridized carbons (Fsp3) is 0.462. The van der Waals surface area contributed by atoms with Gasteiger partial charge in [0.25, 0.3) is 5.91 Å². The highest BCUT2D eigenvalue weighted by Gasteiger charge is 2.31. The van der Waals surface area contributed by atoms with Crippen LogP contribution in [0.1, 0.15) is 55.7 Å². The molecule has 0 heterocycles. The number of halogens is 1. The highest BCUT2D eigenvalue weighted by atomic mass is 35.5. The number of aryl methyl sites for hydroxylation is 1. The van der Waals surface area contributed by atoms with Crippen LogP contribution in [0.2, 0.25) is 5.02 Å². The number of rotatable bonds is 9. The summed E-state index contributed by atoms with van der Waals surface area (Å²) in [6, 6.07) is 12.8. The summed E-state index contributed by atoms with van der Waals surface area (Å²) in [5.41, 5.74) is 2.91. The van der Waals surface area contributed by atoms with Crippen LogP contribution in [0.3, 0.4) is 0 Å². The first-order valence-corrected chi connectivity index (χ1v) is 11.8. The van der Waals surface area contributed by atoms with Gasteiger partial charge in [0.05, 0.1) is 0 Å². The molecule has 1 N–H and O–H groups in total. The lowest BCUT2D eigenvalue weighted by molar-refractivity contribution is -0.143. The van der Waals surface area contributed by atoms with Crippen LogP contribution in [0.4, 0.5) is 0 Å². The van der Waals surface area contributed by atoms with Crippen LogP contribution in [0.25, 0.3) is 0 Å². The van der Waals surface area contributed by atoms with Gasteiger partial charge in [-0.2, -0.15) is 0 Å². The van der Waals surface area contributed by atoms with Gasteiger partial charge in [0.15, 0.2) is 6.61 Å². The van der Waals surface area contributed by atoms with Gasteiger partial charge in [-0.25, -0.2) is 0 Å². The van der Waals surface area contributed by atoms with Crippen LogP contribution in [-0.2, 0) is 16.1 Å². The Morgan fingerprint density at radius 1 is 1.12 bits per heavy atom. The lowest BCUT2D eigenvalue weighted by Gasteiger charge is -2.31. The minimum atomic E-state index is -0.582. The molecule has 0 aromatic heterocycles. The molecule has 0 bridgehead atoms. The molecule has 0 radical (unpaired) electrons. The molecule has 2 aromatic rings. The molecular weight excluding hydrogens is 424 g/mol. The summed E-state index contributed by atoms with van der Waals surface area (Å²) in [6.07, 6.45) is 4.77. The third-order valence-electron chi connectivity index (χ3n) is 6.29.